The molecule has 3 rings (SSSR count). The molecule has 0 radical (unpaired) electrons. The van der Waals surface area contributed by atoms with Crippen molar-refractivity contribution in [3.05, 3.63) is 101 Å². The monoisotopic (exact) mass is 569 g/mol. The molecule has 0 fully saturated rings. The molecular weight excluding hydrogens is 534 g/mol. The van der Waals surface area contributed by atoms with Crippen LogP contribution in [0.5, 0.6) is 0 Å². The van der Waals surface area contributed by atoms with Crippen LogP contribution >= 0.6 is 11.6 Å². The van der Waals surface area contributed by atoms with E-state index in [1.165, 1.54) is 24.1 Å². The number of aryl methyl sites for hydroxylation is 1. The lowest BCUT2D eigenvalue weighted by Gasteiger charge is -2.33. The van der Waals surface area contributed by atoms with E-state index in [4.69, 9.17) is 11.6 Å². The Morgan fingerprint density at radius 2 is 1.56 bits per heavy atom. The minimum atomic E-state index is -3.93. The number of sulfonamides is 1. The fourth-order valence-corrected chi connectivity index (χ4v) is 5.40. The fraction of sp³-hybridized carbons (Fsp3) is 0.333. The number of nitrogens with one attached hydrogen (secondary N) is 1. The first-order valence-corrected chi connectivity index (χ1v) is 14.7. The van der Waals surface area contributed by atoms with E-state index in [1.807, 2.05) is 57.2 Å². The van der Waals surface area contributed by atoms with Gasteiger partial charge in [0.2, 0.25) is 21.8 Å². The standard InChI is InChI=1S/C30H36ClN3O4S/c1-22(2)19-32-30(36)28(18-24-9-6-5-7-10-24)34(20-25-11-8-12-26(31)17-25)29(35)21-33(4)39(37,38)27-15-13-23(3)14-16-27/h5-17,22,28H,18-21H2,1-4H3,(H,32,36)/t28-/m1/s1. The zero-order valence-corrected chi connectivity index (χ0v) is 24.4. The van der Waals surface area contributed by atoms with E-state index in [2.05, 4.69) is 5.32 Å². The van der Waals surface area contributed by atoms with Gasteiger partial charge in [-0.05, 0) is 48.2 Å². The van der Waals surface area contributed by atoms with Crippen LogP contribution in [0.15, 0.2) is 83.8 Å². The van der Waals surface area contributed by atoms with Crippen LogP contribution in [0, 0.1) is 12.8 Å². The third-order valence-electron chi connectivity index (χ3n) is 6.28. The number of carbonyl (C=O) groups is 2. The molecule has 3 aromatic rings. The molecule has 0 aliphatic heterocycles. The first-order valence-electron chi connectivity index (χ1n) is 12.9. The molecule has 0 saturated carbocycles. The highest BCUT2D eigenvalue weighted by molar-refractivity contribution is 7.89. The van der Waals surface area contributed by atoms with Gasteiger partial charge in [-0.1, -0.05) is 85.6 Å². The van der Waals surface area contributed by atoms with Gasteiger partial charge in [0.05, 0.1) is 11.4 Å². The summed E-state index contributed by atoms with van der Waals surface area (Å²) in [4.78, 5) is 28.9. The Hall–Kier alpha value is -3.20. The molecule has 9 heteroatoms. The van der Waals surface area contributed by atoms with Gasteiger partial charge in [-0.3, -0.25) is 9.59 Å². The minimum absolute atomic E-state index is 0.0877. The number of carbonyl (C=O) groups excluding carboxylic acids is 2. The second-order valence-electron chi connectivity index (χ2n) is 10.1. The molecule has 0 aliphatic carbocycles. The summed E-state index contributed by atoms with van der Waals surface area (Å²) >= 11 is 6.22. The third-order valence-corrected chi connectivity index (χ3v) is 8.34. The molecule has 1 N–H and O–H groups in total. The predicted molar refractivity (Wildman–Crippen MR) is 155 cm³/mol. The van der Waals surface area contributed by atoms with Gasteiger partial charge in [-0.15, -0.1) is 0 Å². The Labute approximate surface area is 236 Å². The van der Waals surface area contributed by atoms with Gasteiger partial charge in [-0.25, -0.2) is 8.42 Å². The number of amides is 2. The van der Waals surface area contributed by atoms with E-state index in [1.54, 1.807) is 30.3 Å². The van der Waals surface area contributed by atoms with Crippen molar-refractivity contribution in [2.24, 2.45) is 5.92 Å². The maximum atomic E-state index is 13.9. The molecule has 0 unspecified atom stereocenters. The number of hydrogen-bond acceptors (Lipinski definition) is 4. The summed E-state index contributed by atoms with van der Waals surface area (Å²) in [6.07, 6.45) is 0.269. The highest BCUT2D eigenvalue weighted by Gasteiger charge is 2.33. The van der Waals surface area contributed by atoms with Crippen LogP contribution in [-0.4, -0.2) is 55.6 Å². The number of likely N-dealkylation sites (N-methyl/N-ethyl adjacent to an activating group) is 1. The Kier molecular flexibility index (Phi) is 10.7. The van der Waals surface area contributed by atoms with Crippen molar-refractivity contribution in [2.75, 3.05) is 20.1 Å². The first-order chi connectivity index (χ1) is 18.5. The van der Waals surface area contributed by atoms with Gasteiger partial charge in [-0.2, -0.15) is 4.31 Å². The number of halogens is 1. The number of hydrogen-bond donors (Lipinski definition) is 1. The van der Waals surface area contributed by atoms with Crippen LogP contribution in [0.25, 0.3) is 0 Å². The van der Waals surface area contributed by atoms with Crippen LogP contribution in [0.1, 0.15) is 30.5 Å². The van der Waals surface area contributed by atoms with Crippen LogP contribution in [-0.2, 0) is 32.6 Å². The van der Waals surface area contributed by atoms with E-state index in [9.17, 15) is 18.0 Å². The highest BCUT2D eigenvalue weighted by atomic mass is 35.5. The number of benzene rings is 3. The molecular formula is C30H36ClN3O4S. The van der Waals surface area contributed by atoms with Gasteiger partial charge in [0, 0.05) is 31.6 Å². The molecule has 1 atom stereocenters. The lowest BCUT2D eigenvalue weighted by atomic mass is 10.0. The Balaban J connectivity index is 1.96. The van der Waals surface area contributed by atoms with Crippen molar-refractivity contribution < 1.29 is 18.0 Å². The maximum Gasteiger partial charge on any atom is 0.243 e. The third kappa shape index (κ3) is 8.65. The van der Waals surface area contributed by atoms with E-state index in [0.29, 0.717) is 11.6 Å². The van der Waals surface area contributed by atoms with Gasteiger partial charge in [0.15, 0.2) is 0 Å². The summed E-state index contributed by atoms with van der Waals surface area (Å²) in [6, 6.07) is 22.1. The summed E-state index contributed by atoms with van der Waals surface area (Å²) in [5.74, 6) is -0.574. The molecule has 2 amide bonds. The van der Waals surface area contributed by atoms with Crippen molar-refractivity contribution in [1.82, 2.24) is 14.5 Å². The van der Waals surface area contributed by atoms with Crippen LogP contribution in [0.3, 0.4) is 0 Å². The largest absolute Gasteiger partial charge is 0.354 e. The molecule has 0 aromatic heterocycles. The summed E-state index contributed by atoms with van der Waals surface area (Å²) < 4.78 is 27.5. The van der Waals surface area contributed by atoms with E-state index >= 15 is 0 Å². The Morgan fingerprint density at radius 3 is 2.18 bits per heavy atom. The average molecular weight is 570 g/mol. The smallest absolute Gasteiger partial charge is 0.243 e. The topological polar surface area (TPSA) is 86.8 Å². The quantitative estimate of drug-likeness (QED) is 0.343. The van der Waals surface area contributed by atoms with Gasteiger partial charge in [0.1, 0.15) is 6.04 Å². The molecule has 208 valence electrons. The SMILES string of the molecule is Cc1ccc(S(=O)(=O)N(C)CC(=O)N(Cc2cccc(Cl)c2)[C@H](Cc2ccccc2)C(=O)NCC(C)C)cc1. The van der Waals surface area contributed by atoms with E-state index in [-0.39, 0.29) is 29.7 Å². The van der Waals surface area contributed by atoms with Gasteiger partial charge < -0.3 is 10.2 Å². The Morgan fingerprint density at radius 1 is 0.923 bits per heavy atom. The van der Waals surface area contributed by atoms with Crippen molar-refractivity contribution in [1.29, 1.82) is 0 Å². The van der Waals surface area contributed by atoms with Crippen molar-refractivity contribution in [3.63, 3.8) is 0 Å². The van der Waals surface area contributed by atoms with Crippen LogP contribution in [0.2, 0.25) is 5.02 Å². The molecule has 0 bridgehead atoms. The summed E-state index contributed by atoms with van der Waals surface area (Å²) in [5, 5.41) is 3.46. The van der Waals surface area contributed by atoms with Crippen molar-refractivity contribution >= 4 is 33.4 Å². The lowest BCUT2D eigenvalue weighted by molar-refractivity contribution is -0.141. The molecule has 7 nitrogen and oxygen atoms in total. The normalized spacial score (nSPS) is 12.4. The van der Waals surface area contributed by atoms with Crippen LogP contribution < -0.4 is 5.32 Å². The first kappa shape index (κ1) is 30.3. The average Bonchev–Trinajstić information content (AvgIpc) is 2.90. The molecule has 0 heterocycles. The minimum Gasteiger partial charge on any atom is -0.354 e. The second kappa shape index (κ2) is 13.7. The summed E-state index contributed by atoms with van der Waals surface area (Å²) in [5.41, 5.74) is 2.54. The van der Waals surface area contributed by atoms with E-state index < -0.39 is 28.5 Å². The zero-order valence-electron chi connectivity index (χ0n) is 22.8. The molecule has 39 heavy (non-hydrogen) atoms. The van der Waals surface area contributed by atoms with Crippen molar-refractivity contribution in [3.8, 4) is 0 Å². The Bertz CT molecular complexity index is 1360. The van der Waals surface area contributed by atoms with E-state index in [0.717, 1.165) is 21.0 Å². The molecule has 0 saturated heterocycles. The number of rotatable bonds is 12. The summed E-state index contributed by atoms with van der Waals surface area (Å²) in [6.45, 7) is 5.96. The van der Waals surface area contributed by atoms with Gasteiger partial charge in [0.25, 0.3) is 0 Å². The molecule has 0 aliphatic rings. The van der Waals surface area contributed by atoms with Gasteiger partial charge >= 0.3 is 0 Å². The highest BCUT2D eigenvalue weighted by Crippen LogP contribution is 2.20. The molecule has 0 spiro atoms. The van der Waals surface area contributed by atoms with Crippen molar-refractivity contribution in [2.45, 2.75) is 44.7 Å². The summed E-state index contributed by atoms with van der Waals surface area (Å²) in [7, 11) is -2.56. The number of nitrogens with zero attached hydrogens (tertiary/aromatic N) is 2. The molecule has 3 aromatic carbocycles. The zero-order chi connectivity index (χ0) is 28.6. The maximum absolute atomic E-state index is 13.9. The predicted octanol–water partition coefficient (Wildman–Crippen LogP) is 4.68. The second-order valence-corrected chi connectivity index (χ2v) is 12.6. The lowest BCUT2D eigenvalue weighted by Crippen LogP contribution is -2.53. The van der Waals surface area contributed by atoms with Crippen LogP contribution in [0.4, 0.5) is 0 Å². The fourth-order valence-electron chi connectivity index (χ4n) is 4.06.